The molecule has 0 bridgehead atoms. The maximum Gasteiger partial charge on any atom is 0.217 e. The smallest absolute Gasteiger partial charge is 0.217 e. The molecule has 0 unspecified atom stereocenters. The highest BCUT2D eigenvalue weighted by molar-refractivity contribution is 5.73. The van der Waals surface area contributed by atoms with Crippen molar-refractivity contribution in [3.05, 3.63) is 23.8 Å². The molecule has 4 N–H and O–H groups in total. The van der Waals surface area contributed by atoms with Gasteiger partial charge in [-0.2, -0.15) is 0 Å². The van der Waals surface area contributed by atoms with Gasteiger partial charge in [-0.25, -0.2) is 0 Å². The van der Waals surface area contributed by atoms with E-state index in [1.54, 1.807) is 12.1 Å². The van der Waals surface area contributed by atoms with E-state index in [0.29, 0.717) is 12.8 Å². The molecular formula is C13H19NO3. The first-order chi connectivity index (χ1) is 7.83. The van der Waals surface area contributed by atoms with Crippen molar-refractivity contribution < 1.29 is 15.0 Å². The van der Waals surface area contributed by atoms with E-state index in [2.05, 4.69) is 0 Å². The minimum Gasteiger partial charge on any atom is -0.508 e. The average molecular weight is 237 g/mol. The fourth-order valence-corrected chi connectivity index (χ4v) is 1.93. The molecular weight excluding hydrogens is 218 g/mol. The predicted molar refractivity (Wildman–Crippen MR) is 65.8 cm³/mol. The summed E-state index contributed by atoms with van der Waals surface area (Å²) in [5.74, 6) is -0.191. The van der Waals surface area contributed by atoms with E-state index >= 15 is 0 Å². The van der Waals surface area contributed by atoms with Gasteiger partial charge in [0.15, 0.2) is 0 Å². The monoisotopic (exact) mass is 237 g/mol. The molecule has 0 saturated carbocycles. The van der Waals surface area contributed by atoms with Crippen molar-refractivity contribution in [1.29, 1.82) is 0 Å². The highest BCUT2D eigenvalue weighted by Gasteiger charge is 2.23. The van der Waals surface area contributed by atoms with Crippen LogP contribution in [0.3, 0.4) is 0 Å². The fraction of sp³-hybridized carbons (Fsp3) is 0.462. The van der Waals surface area contributed by atoms with Gasteiger partial charge in [0.25, 0.3) is 0 Å². The van der Waals surface area contributed by atoms with E-state index < -0.39 is 0 Å². The number of carbonyl (C=O) groups excluding carboxylic acids is 1. The molecule has 0 fully saturated rings. The van der Waals surface area contributed by atoms with E-state index in [-0.39, 0.29) is 22.8 Å². The van der Waals surface area contributed by atoms with E-state index in [0.717, 1.165) is 12.0 Å². The molecule has 1 aromatic rings. The first-order valence-corrected chi connectivity index (χ1v) is 5.64. The quantitative estimate of drug-likeness (QED) is 0.732. The number of nitrogens with two attached hydrogens (primary N) is 1. The maximum atomic E-state index is 10.7. The number of phenolic OH excluding ortho intramolecular Hbond substituents is 2. The van der Waals surface area contributed by atoms with Gasteiger partial charge in [-0.3, -0.25) is 4.79 Å². The molecule has 1 rings (SSSR count). The van der Waals surface area contributed by atoms with Gasteiger partial charge in [0.2, 0.25) is 5.91 Å². The molecule has 0 radical (unpaired) electrons. The lowest BCUT2D eigenvalue weighted by molar-refractivity contribution is -0.118. The van der Waals surface area contributed by atoms with Crippen molar-refractivity contribution in [3.8, 4) is 11.5 Å². The summed E-state index contributed by atoms with van der Waals surface area (Å²) in [6.07, 6.45) is 1.78. The minimum atomic E-state index is -0.310. The van der Waals surface area contributed by atoms with E-state index in [1.807, 2.05) is 13.8 Å². The summed E-state index contributed by atoms with van der Waals surface area (Å²) in [4.78, 5) is 10.7. The van der Waals surface area contributed by atoms with Crippen LogP contribution < -0.4 is 5.73 Å². The second-order valence-electron chi connectivity index (χ2n) is 4.91. The van der Waals surface area contributed by atoms with Crippen LogP contribution >= 0.6 is 0 Å². The molecule has 0 aliphatic carbocycles. The van der Waals surface area contributed by atoms with Crippen LogP contribution in [0.4, 0.5) is 0 Å². The standard InChI is InChI=1S/C13H19NO3/c1-13(2,7-3-4-12(14)17)10-6-5-9(15)8-11(10)16/h5-6,8,15-16H,3-4,7H2,1-2H3,(H2,14,17). The Hall–Kier alpha value is -1.71. The minimum absolute atomic E-state index is 0.0409. The van der Waals surface area contributed by atoms with Gasteiger partial charge in [-0.1, -0.05) is 19.9 Å². The summed E-state index contributed by atoms with van der Waals surface area (Å²) >= 11 is 0. The molecule has 0 atom stereocenters. The number of hydrogen-bond acceptors (Lipinski definition) is 3. The van der Waals surface area contributed by atoms with E-state index in [4.69, 9.17) is 5.73 Å². The Morgan fingerprint density at radius 3 is 2.53 bits per heavy atom. The van der Waals surface area contributed by atoms with Crippen molar-refractivity contribution in [2.24, 2.45) is 5.73 Å². The average Bonchev–Trinajstić information content (AvgIpc) is 2.15. The lowest BCUT2D eigenvalue weighted by Gasteiger charge is -2.26. The fourth-order valence-electron chi connectivity index (χ4n) is 1.93. The van der Waals surface area contributed by atoms with Crippen LogP contribution in [-0.2, 0) is 10.2 Å². The Bertz CT molecular complexity index is 413. The van der Waals surface area contributed by atoms with Gasteiger partial charge in [0.05, 0.1) is 0 Å². The van der Waals surface area contributed by atoms with Gasteiger partial charge in [0.1, 0.15) is 11.5 Å². The van der Waals surface area contributed by atoms with Crippen molar-refractivity contribution in [2.75, 3.05) is 0 Å². The molecule has 0 heterocycles. The zero-order valence-electron chi connectivity index (χ0n) is 10.2. The van der Waals surface area contributed by atoms with Crippen molar-refractivity contribution >= 4 is 5.91 Å². The highest BCUT2D eigenvalue weighted by atomic mass is 16.3. The van der Waals surface area contributed by atoms with Crippen LogP contribution in [-0.4, -0.2) is 16.1 Å². The molecule has 0 aromatic heterocycles. The zero-order valence-corrected chi connectivity index (χ0v) is 10.2. The highest BCUT2D eigenvalue weighted by Crippen LogP contribution is 2.36. The van der Waals surface area contributed by atoms with Gasteiger partial charge >= 0.3 is 0 Å². The second-order valence-corrected chi connectivity index (χ2v) is 4.91. The largest absolute Gasteiger partial charge is 0.508 e. The molecule has 1 aromatic carbocycles. The summed E-state index contributed by atoms with van der Waals surface area (Å²) in [5.41, 5.74) is 5.60. The first kappa shape index (κ1) is 13.4. The van der Waals surface area contributed by atoms with Gasteiger partial charge < -0.3 is 15.9 Å². The third-order valence-corrected chi connectivity index (χ3v) is 2.94. The zero-order chi connectivity index (χ0) is 13.1. The van der Waals surface area contributed by atoms with Crippen LogP contribution in [0, 0.1) is 0 Å². The number of amides is 1. The Morgan fingerprint density at radius 1 is 1.35 bits per heavy atom. The molecule has 17 heavy (non-hydrogen) atoms. The Kier molecular flexibility index (Phi) is 3.99. The topological polar surface area (TPSA) is 83.6 Å². The SMILES string of the molecule is CC(C)(CCCC(N)=O)c1ccc(O)cc1O. The van der Waals surface area contributed by atoms with Crippen LogP contribution in [0.25, 0.3) is 0 Å². The molecule has 4 nitrogen and oxygen atoms in total. The molecule has 0 spiro atoms. The summed E-state index contributed by atoms with van der Waals surface area (Å²) in [6, 6.07) is 4.57. The summed E-state index contributed by atoms with van der Waals surface area (Å²) in [7, 11) is 0. The number of phenols is 2. The number of aromatic hydroxyl groups is 2. The Balaban J connectivity index is 2.78. The Labute approximate surface area is 101 Å². The first-order valence-electron chi connectivity index (χ1n) is 5.64. The van der Waals surface area contributed by atoms with Crippen LogP contribution in [0.5, 0.6) is 11.5 Å². The Morgan fingerprint density at radius 2 is 2.00 bits per heavy atom. The van der Waals surface area contributed by atoms with E-state index in [1.165, 1.54) is 6.07 Å². The lowest BCUT2D eigenvalue weighted by Crippen LogP contribution is -2.19. The molecule has 0 saturated heterocycles. The van der Waals surface area contributed by atoms with Crippen LogP contribution in [0.2, 0.25) is 0 Å². The third-order valence-electron chi connectivity index (χ3n) is 2.94. The third kappa shape index (κ3) is 3.66. The molecule has 1 amide bonds. The van der Waals surface area contributed by atoms with E-state index in [9.17, 15) is 15.0 Å². The number of primary amides is 1. The predicted octanol–water partition coefficient (Wildman–Crippen LogP) is 2.03. The van der Waals surface area contributed by atoms with Crippen molar-refractivity contribution in [2.45, 2.75) is 38.5 Å². The number of benzene rings is 1. The maximum absolute atomic E-state index is 10.7. The van der Waals surface area contributed by atoms with Gasteiger partial charge in [-0.15, -0.1) is 0 Å². The number of hydrogen-bond donors (Lipinski definition) is 3. The number of carbonyl (C=O) groups is 1. The second kappa shape index (κ2) is 5.08. The van der Waals surface area contributed by atoms with Crippen molar-refractivity contribution in [3.63, 3.8) is 0 Å². The summed E-state index contributed by atoms with van der Waals surface area (Å²) < 4.78 is 0. The van der Waals surface area contributed by atoms with Crippen LogP contribution in [0.1, 0.15) is 38.7 Å². The summed E-state index contributed by atoms with van der Waals surface area (Å²) in [6.45, 7) is 3.97. The normalized spacial score (nSPS) is 11.4. The molecule has 4 heteroatoms. The lowest BCUT2D eigenvalue weighted by atomic mass is 9.79. The molecule has 0 aliphatic rings. The summed E-state index contributed by atoms with van der Waals surface area (Å²) in [5, 5.41) is 19.0. The molecule has 94 valence electrons. The van der Waals surface area contributed by atoms with Gasteiger partial charge in [-0.05, 0) is 29.9 Å². The van der Waals surface area contributed by atoms with Gasteiger partial charge in [0, 0.05) is 12.5 Å². The van der Waals surface area contributed by atoms with Crippen LogP contribution in [0.15, 0.2) is 18.2 Å². The van der Waals surface area contributed by atoms with Crippen molar-refractivity contribution in [1.82, 2.24) is 0 Å². The molecule has 0 aliphatic heterocycles. The number of rotatable bonds is 5.